The smallest absolute Gasteiger partial charge is 0.250 e. The van der Waals surface area contributed by atoms with Crippen LogP contribution in [0.3, 0.4) is 0 Å². The molecule has 0 bridgehead atoms. The normalized spacial score (nSPS) is 18.7. The van der Waals surface area contributed by atoms with Crippen LogP contribution in [0.15, 0.2) is 94.8 Å². The number of rotatable bonds is 6. The lowest BCUT2D eigenvalue weighted by Crippen LogP contribution is -2.16. The fourth-order valence-electron chi connectivity index (χ4n) is 6.02. The van der Waals surface area contributed by atoms with Gasteiger partial charge in [0.2, 0.25) is 11.8 Å². The summed E-state index contributed by atoms with van der Waals surface area (Å²) in [7, 11) is 3.39. The van der Waals surface area contributed by atoms with E-state index in [1.807, 2.05) is 24.3 Å². The second-order valence-corrected chi connectivity index (χ2v) is 13.0. The van der Waals surface area contributed by atoms with E-state index in [-0.39, 0.29) is 35.8 Å². The van der Waals surface area contributed by atoms with Crippen molar-refractivity contribution in [2.75, 3.05) is 22.1 Å². The molecule has 2 aromatic carbocycles. The molecule has 12 nitrogen and oxygen atoms in total. The molecule has 2 fully saturated rings. The molecule has 2 saturated carbocycles. The molecule has 2 aliphatic rings. The van der Waals surface area contributed by atoms with Crippen LogP contribution in [0.4, 0.5) is 31.8 Å². The zero-order valence-electron chi connectivity index (χ0n) is 28.1. The SMILES string of the molecule is Cn1c(-c2cc(N)c3cnc(NC(=O)[C@@H]4C[C@@H]4F)cc3c2)cccc1=O.Cn1c(-c2cc(N)c3cnc(NC(=O)[C@H]4C[C@H]4F)cc3c2)cccc1=O. The Morgan fingerprint density at radius 3 is 1.42 bits per heavy atom. The minimum absolute atomic E-state index is 0.117. The highest BCUT2D eigenvalue weighted by Gasteiger charge is 2.44. The number of fused-ring (bicyclic) bond motifs is 2. The number of amides is 2. The predicted octanol–water partition coefficient (Wildman–Crippen LogP) is 4.96. The fraction of sp³-hybridized carbons (Fsp3) is 0.211. The first-order valence-electron chi connectivity index (χ1n) is 16.5. The number of aromatic nitrogens is 4. The van der Waals surface area contributed by atoms with Crippen LogP contribution in [0, 0.1) is 11.8 Å². The van der Waals surface area contributed by atoms with Gasteiger partial charge in [0.05, 0.1) is 23.2 Å². The number of pyridine rings is 4. The van der Waals surface area contributed by atoms with E-state index in [9.17, 15) is 28.0 Å². The van der Waals surface area contributed by atoms with Crippen molar-refractivity contribution < 1.29 is 18.4 Å². The number of alkyl halides is 2. The van der Waals surface area contributed by atoms with E-state index in [4.69, 9.17) is 11.5 Å². The number of benzene rings is 2. The minimum atomic E-state index is -1.06. The van der Waals surface area contributed by atoms with Crippen LogP contribution in [0.1, 0.15) is 12.8 Å². The molecule has 264 valence electrons. The molecule has 0 radical (unpaired) electrons. The van der Waals surface area contributed by atoms with Gasteiger partial charge in [-0.1, -0.05) is 12.1 Å². The molecule has 0 aliphatic heterocycles. The topological polar surface area (TPSA) is 180 Å². The van der Waals surface area contributed by atoms with Gasteiger partial charge in [0.25, 0.3) is 11.1 Å². The number of nitrogen functional groups attached to an aromatic ring is 2. The van der Waals surface area contributed by atoms with Crippen LogP contribution in [0.5, 0.6) is 0 Å². The van der Waals surface area contributed by atoms with Gasteiger partial charge in [0, 0.05) is 71.9 Å². The van der Waals surface area contributed by atoms with Gasteiger partial charge in [-0.3, -0.25) is 19.2 Å². The van der Waals surface area contributed by atoms with E-state index in [2.05, 4.69) is 20.6 Å². The Hall–Kier alpha value is -6.44. The summed E-state index contributed by atoms with van der Waals surface area (Å²) >= 11 is 0. The van der Waals surface area contributed by atoms with Crippen LogP contribution >= 0.6 is 0 Å². The molecular formula is C38H34F2N8O4. The summed E-state index contributed by atoms with van der Waals surface area (Å²) in [5.74, 6) is -1.19. The van der Waals surface area contributed by atoms with Crippen molar-refractivity contribution in [2.24, 2.45) is 25.9 Å². The molecule has 6 aromatic rings. The van der Waals surface area contributed by atoms with Gasteiger partial charge in [-0.2, -0.15) is 0 Å². The molecule has 8 rings (SSSR count). The van der Waals surface area contributed by atoms with Crippen molar-refractivity contribution in [3.63, 3.8) is 0 Å². The number of hydrogen-bond donors (Lipinski definition) is 4. The number of anilines is 4. The minimum Gasteiger partial charge on any atom is -0.398 e. The maximum atomic E-state index is 13.0. The summed E-state index contributed by atoms with van der Waals surface area (Å²) in [6.45, 7) is 0. The van der Waals surface area contributed by atoms with Crippen molar-refractivity contribution in [3.8, 4) is 22.5 Å². The van der Waals surface area contributed by atoms with Crippen molar-refractivity contribution >= 4 is 56.4 Å². The molecule has 4 heterocycles. The van der Waals surface area contributed by atoms with Gasteiger partial charge in [-0.15, -0.1) is 0 Å². The van der Waals surface area contributed by atoms with Crippen LogP contribution in [0.25, 0.3) is 44.1 Å². The Kier molecular flexibility index (Phi) is 8.74. The third-order valence-electron chi connectivity index (χ3n) is 9.30. The molecule has 14 heteroatoms. The molecule has 4 aromatic heterocycles. The summed E-state index contributed by atoms with van der Waals surface area (Å²) in [5, 5.41) is 8.30. The highest BCUT2D eigenvalue weighted by Crippen LogP contribution is 2.36. The quantitative estimate of drug-likeness (QED) is 0.176. The molecule has 2 aliphatic carbocycles. The lowest BCUT2D eigenvalue weighted by Gasteiger charge is -2.12. The summed E-state index contributed by atoms with van der Waals surface area (Å²) in [4.78, 5) is 55.9. The first-order chi connectivity index (χ1) is 24.9. The number of nitrogens with zero attached hydrogens (tertiary/aromatic N) is 4. The predicted molar refractivity (Wildman–Crippen MR) is 197 cm³/mol. The number of nitrogens with two attached hydrogens (primary N) is 2. The average molecular weight is 705 g/mol. The van der Waals surface area contributed by atoms with Gasteiger partial charge in [-0.25, -0.2) is 18.7 Å². The van der Waals surface area contributed by atoms with Crippen LogP contribution in [0.2, 0.25) is 0 Å². The Morgan fingerprint density at radius 1 is 0.673 bits per heavy atom. The highest BCUT2D eigenvalue weighted by atomic mass is 19.1. The molecule has 2 amide bonds. The average Bonchev–Trinajstić information content (AvgIpc) is 4.04. The van der Waals surface area contributed by atoms with Gasteiger partial charge < -0.3 is 31.2 Å². The third-order valence-corrected chi connectivity index (χ3v) is 9.30. The van der Waals surface area contributed by atoms with E-state index >= 15 is 0 Å². The summed E-state index contributed by atoms with van der Waals surface area (Å²) in [5.41, 5.74) is 16.1. The van der Waals surface area contributed by atoms with Crippen molar-refractivity contribution in [1.82, 2.24) is 19.1 Å². The standard InChI is InChI=1S/2C19H17FN4O2/c2*1-24-16(3-2-4-18(24)25)11-5-10-7-17(22-9-13(10)15(21)6-11)23-19(26)12-8-14(12)20/h2*2-7,9,12,14H,8,21H2,1H3,(H,22,23,26)/t2*12-,14+/m10/s1. The molecule has 0 unspecified atom stereocenters. The Morgan fingerprint density at radius 2 is 1.06 bits per heavy atom. The van der Waals surface area contributed by atoms with Gasteiger partial charge in [-0.05, 0) is 72.1 Å². The largest absolute Gasteiger partial charge is 0.398 e. The van der Waals surface area contributed by atoms with Crippen LogP contribution in [-0.2, 0) is 23.7 Å². The van der Waals surface area contributed by atoms with E-state index in [1.54, 1.807) is 72.0 Å². The molecule has 0 saturated heterocycles. The summed E-state index contributed by atoms with van der Waals surface area (Å²) in [6.07, 6.45) is 1.56. The van der Waals surface area contributed by atoms with E-state index in [0.717, 1.165) is 44.1 Å². The third kappa shape index (κ3) is 6.82. The number of nitrogens with one attached hydrogen (secondary N) is 2. The highest BCUT2D eigenvalue weighted by molar-refractivity contribution is 6.01. The van der Waals surface area contributed by atoms with Gasteiger partial charge in [0.1, 0.15) is 24.0 Å². The van der Waals surface area contributed by atoms with E-state index in [1.165, 1.54) is 12.1 Å². The second kappa shape index (κ2) is 13.4. The van der Waals surface area contributed by atoms with Crippen molar-refractivity contribution in [3.05, 3.63) is 106 Å². The van der Waals surface area contributed by atoms with E-state index in [0.29, 0.717) is 23.0 Å². The number of carbonyl (C=O) groups is 2. The first-order valence-corrected chi connectivity index (χ1v) is 16.5. The fourth-order valence-corrected chi connectivity index (χ4v) is 6.02. The Labute approximate surface area is 295 Å². The maximum absolute atomic E-state index is 13.0. The molecule has 0 spiro atoms. The zero-order valence-corrected chi connectivity index (χ0v) is 28.1. The molecule has 52 heavy (non-hydrogen) atoms. The van der Waals surface area contributed by atoms with Crippen molar-refractivity contribution in [1.29, 1.82) is 0 Å². The number of hydrogen-bond acceptors (Lipinski definition) is 8. The summed E-state index contributed by atoms with van der Waals surface area (Å²) in [6, 6.07) is 20.8. The molecule has 4 atom stereocenters. The van der Waals surface area contributed by atoms with Crippen LogP contribution in [-0.4, -0.2) is 43.3 Å². The van der Waals surface area contributed by atoms with Gasteiger partial charge in [0.15, 0.2) is 0 Å². The van der Waals surface area contributed by atoms with Crippen LogP contribution < -0.4 is 33.2 Å². The van der Waals surface area contributed by atoms with Gasteiger partial charge >= 0.3 is 0 Å². The number of carbonyl (C=O) groups excluding carboxylic acids is 2. The van der Waals surface area contributed by atoms with E-state index < -0.39 is 24.2 Å². The molecule has 6 N–H and O–H groups in total. The lowest BCUT2D eigenvalue weighted by molar-refractivity contribution is -0.118. The Bertz CT molecular complexity index is 2360. The molecular weight excluding hydrogens is 670 g/mol. The maximum Gasteiger partial charge on any atom is 0.250 e. The monoisotopic (exact) mass is 704 g/mol. The number of halogens is 2. The zero-order chi connectivity index (χ0) is 36.8. The lowest BCUT2D eigenvalue weighted by atomic mass is 10.0. The first kappa shape index (κ1) is 34.0. The summed E-state index contributed by atoms with van der Waals surface area (Å²) < 4.78 is 29.1. The van der Waals surface area contributed by atoms with Crippen molar-refractivity contribution in [2.45, 2.75) is 25.2 Å². The Balaban J connectivity index is 0.000000162. The second-order valence-electron chi connectivity index (χ2n) is 13.0.